The molecule has 0 saturated carbocycles. The Hall–Kier alpha value is -3.65. The van der Waals surface area contributed by atoms with E-state index in [4.69, 9.17) is 14.2 Å². The maximum absolute atomic E-state index is 13.6. The number of esters is 1. The second kappa shape index (κ2) is 10.1. The molecule has 4 rings (SSSR count). The Balaban J connectivity index is 1.93. The lowest BCUT2D eigenvalue weighted by Gasteiger charge is -2.24. The van der Waals surface area contributed by atoms with Gasteiger partial charge in [-0.05, 0) is 50.6 Å². The molecule has 7 nitrogen and oxygen atoms in total. The molecule has 0 saturated heterocycles. The zero-order valence-corrected chi connectivity index (χ0v) is 20.3. The lowest BCUT2D eigenvalue weighted by Crippen LogP contribution is -2.39. The van der Waals surface area contributed by atoms with Crippen molar-refractivity contribution in [2.75, 3.05) is 20.3 Å². The van der Waals surface area contributed by atoms with E-state index < -0.39 is 12.0 Å². The molecular formula is C26H26N2O5S. The van der Waals surface area contributed by atoms with Gasteiger partial charge in [0, 0.05) is 5.56 Å². The summed E-state index contributed by atoms with van der Waals surface area (Å²) in [6.07, 6.45) is 1.79. The third kappa shape index (κ3) is 4.41. The molecule has 0 unspecified atom stereocenters. The average Bonchev–Trinajstić information content (AvgIpc) is 3.14. The highest BCUT2D eigenvalue weighted by molar-refractivity contribution is 7.07. The number of rotatable bonds is 7. The summed E-state index contributed by atoms with van der Waals surface area (Å²) in [6, 6.07) is 14.2. The van der Waals surface area contributed by atoms with Crippen LogP contribution in [0.3, 0.4) is 0 Å². The Bertz CT molecular complexity index is 1420. The van der Waals surface area contributed by atoms with Crippen molar-refractivity contribution in [3.05, 3.63) is 90.6 Å². The normalized spacial score (nSPS) is 15.5. The molecular weight excluding hydrogens is 452 g/mol. The van der Waals surface area contributed by atoms with E-state index in [0.717, 1.165) is 11.1 Å². The van der Waals surface area contributed by atoms with E-state index in [1.165, 1.54) is 11.3 Å². The smallest absolute Gasteiger partial charge is 0.338 e. The van der Waals surface area contributed by atoms with E-state index in [2.05, 4.69) is 4.99 Å². The number of hydrogen-bond acceptors (Lipinski definition) is 7. The zero-order valence-electron chi connectivity index (χ0n) is 19.5. The van der Waals surface area contributed by atoms with E-state index in [-0.39, 0.29) is 12.2 Å². The minimum atomic E-state index is -0.661. The summed E-state index contributed by atoms with van der Waals surface area (Å²) >= 11 is 1.28. The van der Waals surface area contributed by atoms with Crippen molar-refractivity contribution in [2.45, 2.75) is 26.8 Å². The van der Waals surface area contributed by atoms with E-state index in [9.17, 15) is 9.59 Å². The quantitative estimate of drug-likeness (QED) is 0.488. The predicted octanol–water partition coefficient (Wildman–Crippen LogP) is 3.21. The Morgan fingerprint density at radius 3 is 2.53 bits per heavy atom. The molecule has 0 bridgehead atoms. The van der Waals surface area contributed by atoms with Crippen molar-refractivity contribution in [1.29, 1.82) is 0 Å². The van der Waals surface area contributed by atoms with Crippen molar-refractivity contribution in [2.24, 2.45) is 4.99 Å². The van der Waals surface area contributed by atoms with Gasteiger partial charge in [-0.1, -0.05) is 41.7 Å². The number of ether oxygens (including phenoxy) is 3. The summed E-state index contributed by atoms with van der Waals surface area (Å²) in [5, 5.41) is 0. The van der Waals surface area contributed by atoms with Crippen molar-refractivity contribution in [1.82, 2.24) is 4.57 Å². The number of methoxy groups -OCH3 is 1. The number of aromatic nitrogens is 1. The van der Waals surface area contributed by atoms with Crippen LogP contribution in [0.15, 0.2) is 69.6 Å². The fourth-order valence-corrected chi connectivity index (χ4v) is 4.98. The van der Waals surface area contributed by atoms with Gasteiger partial charge < -0.3 is 14.2 Å². The minimum absolute atomic E-state index is 0.226. The average molecular weight is 479 g/mol. The molecule has 0 fully saturated rings. The first kappa shape index (κ1) is 23.5. The highest BCUT2D eigenvalue weighted by Crippen LogP contribution is 2.31. The standard InChI is InChI=1S/C26H26N2O5S/c1-5-32-19-13-11-17(12-14-19)23-22(25(30)33-6-2)16(3)27-26-28(23)24(29)21(34-26)15-18-9-7-8-10-20(18)31-4/h7-15,23H,5-6H2,1-4H3/b21-15-/t23-/m0/s1. The van der Waals surface area contributed by atoms with Gasteiger partial charge in [0.2, 0.25) is 0 Å². The number of nitrogens with zero attached hydrogens (tertiary/aromatic N) is 2. The maximum atomic E-state index is 13.6. The number of thiazole rings is 1. The molecule has 2 aromatic carbocycles. The maximum Gasteiger partial charge on any atom is 0.338 e. The Morgan fingerprint density at radius 1 is 1.12 bits per heavy atom. The summed E-state index contributed by atoms with van der Waals surface area (Å²) in [7, 11) is 1.59. The van der Waals surface area contributed by atoms with Crippen LogP contribution >= 0.6 is 11.3 Å². The largest absolute Gasteiger partial charge is 0.496 e. The Morgan fingerprint density at radius 2 is 1.85 bits per heavy atom. The molecule has 1 aliphatic heterocycles. The van der Waals surface area contributed by atoms with Crippen LogP contribution in [0.25, 0.3) is 6.08 Å². The number of fused-ring (bicyclic) bond motifs is 1. The molecule has 1 atom stereocenters. The van der Waals surface area contributed by atoms with Gasteiger partial charge in [-0.2, -0.15) is 0 Å². The number of benzene rings is 2. The van der Waals surface area contributed by atoms with Crippen LogP contribution in [-0.4, -0.2) is 30.9 Å². The summed E-state index contributed by atoms with van der Waals surface area (Å²) in [6.45, 7) is 6.21. The van der Waals surface area contributed by atoms with Crippen LogP contribution in [0.5, 0.6) is 11.5 Å². The molecule has 3 aromatic rings. The molecule has 0 amide bonds. The van der Waals surface area contributed by atoms with Crippen LogP contribution < -0.4 is 24.4 Å². The van der Waals surface area contributed by atoms with Crippen LogP contribution in [0, 0.1) is 0 Å². The molecule has 176 valence electrons. The van der Waals surface area contributed by atoms with Gasteiger partial charge in [0.25, 0.3) is 5.56 Å². The number of carbonyl (C=O) groups is 1. The van der Waals surface area contributed by atoms with Gasteiger partial charge >= 0.3 is 5.97 Å². The summed E-state index contributed by atoms with van der Waals surface area (Å²) < 4.78 is 18.4. The van der Waals surface area contributed by atoms with Gasteiger partial charge in [-0.3, -0.25) is 9.36 Å². The fourth-order valence-electron chi connectivity index (χ4n) is 3.95. The van der Waals surface area contributed by atoms with E-state index in [1.54, 1.807) is 31.6 Å². The molecule has 0 N–H and O–H groups in total. The first-order valence-electron chi connectivity index (χ1n) is 11.0. The van der Waals surface area contributed by atoms with Gasteiger partial charge in [0.15, 0.2) is 4.80 Å². The van der Waals surface area contributed by atoms with Gasteiger partial charge in [0.1, 0.15) is 11.5 Å². The van der Waals surface area contributed by atoms with Crippen LogP contribution in [0.4, 0.5) is 0 Å². The molecule has 2 heterocycles. The summed E-state index contributed by atoms with van der Waals surface area (Å²) in [5.41, 5.74) is 2.20. The van der Waals surface area contributed by atoms with Gasteiger partial charge in [-0.25, -0.2) is 9.79 Å². The lowest BCUT2D eigenvalue weighted by molar-refractivity contribution is -0.139. The number of carbonyl (C=O) groups excluding carboxylic acids is 1. The van der Waals surface area contributed by atoms with Crippen LogP contribution in [0.1, 0.15) is 37.9 Å². The molecule has 1 aromatic heterocycles. The Kier molecular flexibility index (Phi) is 6.98. The second-order valence-electron chi connectivity index (χ2n) is 7.55. The lowest BCUT2D eigenvalue weighted by atomic mass is 9.96. The first-order chi connectivity index (χ1) is 16.5. The topological polar surface area (TPSA) is 79.1 Å². The summed E-state index contributed by atoms with van der Waals surface area (Å²) in [5.74, 6) is 0.898. The molecule has 8 heteroatoms. The number of allylic oxidation sites excluding steroid dienone is 1. The number of para-hydroxylation sites is 1. The van der Waals surface area contributed by atoms with Crippen molar-refractivity contribution in [3.63, 3.8) is 0 Å². The fraction of sp³-hybridized carbons (Fsp3) is 0.269. The number of hydrogen-bond donors (Lipinski definition) is 0. The Labute approximate surface area is 201 Å². The highest BCUT2D eigenvalue weighted by Gasteiger charge is 2.33. The monoisotopic (exact) mass is 478 g/mol. The zero-order chi connectivity index (χ0) is 24.2. The van der Waals surface area contributed by atoms with E-state index >= 15 is 0 Å². The minimum Gasteiger partial charge on any atom is -0.496 e. The second-order valence-corrected chi connectivity index (χ2v) is 8.56. The van der Waals surface area contributed by atoms with Gasteiger partial charge in [-0.15, -0.1) is 0 Å². The molecule has 0 spiro atoms. The summed E-state index contributed by atoms with van der Waals surface area (Å²) in [4.78, 5) is 31.7. The van der Waals surface area contributed by atoms with Crippen LogP contribution in [0.2, 0.25) is 0 Å². The third-order valence-electron chi connectivity index (χ3n) is 5.45. The third-order valence-corrected chi connectivity index (χ3v) is 6.43. The highest BCUT2D eigenvalue weighted by atomic mass is 32.1. The van der Waals surface area contributed by atoms with Crippen molar-refractivity contribution < 1.29 is 19.0 Å². The van der Waals surface area contributed by atoms with Crippen molar-refractivity contribution >= 4 is 23.4 Å². The molecule has 1 aliphatic rings. The SMILES string of the molecule is CCOC(=O)C1=C(C)N=c2s/c(=C\c3ccccc3OC)c(=O)n2[C@H]1c1ccc(OCC)cc1. The van der Waals surface area contributed by atoms with E-state index in [1.807, 2.05) is 55.5 Å². The van der Waals surface area contributed by atoms with Crippen molar-refractivity contribution in [3.8, 4) is 11.5 Å². The molecule has 34 heavy (non-hydrogen) atoms. The first-order valence-corrected chi connectivity index (χ1v) is 11.9. The predicted molar refractivity (Wildman–Crippen MR) is 131 cm³/mol. The van der Waals surface area contributed by atoms with Gasteiger partial charge in [0.05, 0.1) is 42.2 Å². The van der Waals surface area contributed by atoms with E-state index in [0.29, 0.717) is 38.7 Å². The molecule has 0 radical (unpaired) electrons. The molecule has 0 aliphatic carbocycles. The van der Waals surface area contributed by atoms with Crippen LogP contribution in [-0.2, 0) is 9.53 Å².